The van der Waals surface area contributed by atoms with Crippen LogP contribution in [0.15, 0.2) is 59.8 Å². The summed E-state index contributed by atoms with van der Waals surface area (Å²) in [7, 11) is -3.83. The zero-order valence-corrected chi connectivity index (χ0v) is 16.7. The first-order valence-corrected chi connectivity index (χ1v) is 11.1. The molecular weight excluding hydrogens is 417 g/mol. The standard InChI is InChI=1S/C21H19F3N2O3S/c22-21(23,24)15-4-3-5-16(12-15)30(28,29)17-10-14(11-17)7-8-19(27)18-13-26-9-2-1-6-20(26)25-18/h1-6,9,12-14,17H,7-8,10-11H2. The van der Waals surface area contributed by atoms with Crippen LogP contribution in [0.4, 0.5) is 13.2 Å². The molecule has 2 heterocycles. The highest BCUT2D eigenvalue weighted by Gasteiger charge is 2.40. The minimum atomic E-state index is -4.59. The number of imidazole rings is 1. The summed E-state index contributed by atoms with van der Waals surface area (Å²) in [5, 5.41) is -0.712. The summed E-state index contributed by atoms with van der Waals surface area (Å²) in [5.74, 6) is -0.0561. The second-order valence-electron chi connectivity index (χ2n) is 7.58. The molecule has 2 aromatic heterocycles. The second-order valence-corrected chi connectivity index (χ2v) is 9.81. The number of halogens is 3. The largest absolute Gasteiger partial charge is 0.416 e. The van der Waals surface area contributed by atoms with Crippen LogP contribution in [0.5, 0.6) is 0 Å². The van der Waals surface area contributed by atoms with Crippen LogP contribution in [-0.2, 0) is 16.0 Å². The first-order chi connectivity index (χ1) is 14.1. The normalized spacial score (nSPS) is 19.6. The number of alkyl halides is 3. The lowest BCUT2D eigenvalue weighted by Crippen LogP contribution is -2.36. The number of hydrogen-bond acceptors (Lipinski definition) is 4. The van der Waals surface area contributed by atoms with Crippen LogP contribution < -0.4 is 0 Å². The first kappa shape index (κ1) is 20.6. The number of rotatable bonds is 6. The number of benzene rings is 1. The number of nitrogens with zero attached hydrogens (tertiary/aromatic N) is 2. The minimum absolute atomic E-state index is 0.0524. The van der Waals surface area contributed by atoms with E-state index in [-0.39, 0.29) is 23.0 Å². The highest BCUT2D eigenvalue weighted by Crippen LogP contribution is 2.40. The fraction of sp³-hybridized carbons (Fsp3) is 0.333. The maximum absolute atomic E-state index is 12.9. The van der Waals surface area contributed by atoms with Gasteiger partial charge in [-0.15, -0.1) is 0 Å². The molecule has 4 rings (SSSR count). The van der Waals surface area contributed by atoms with Gasteiger partial charge in [0.1, 0.15) is 11.3 Å². The van der Waals surface area contributed by atoms with E-state index in [1.54, 1.807) is 22.9 Å². The van der Waals surface area contributed by atoms with Crippen molar-refractivity contribution in [1.82, 2.24) is 9.38 Å². The van der Waals surface area contributed by atoms with E-state index in [4.69, 9.17) is 0 Å². The van der Waals surface area contributed by atoms with Crippen molar-refractivity contribution in [2.75, 3.05) is 0 Å². The Hall–Kier alpha value is -2.68. The van der Waals surface area contributed by atoms with Crippen molar-refractivity contribution in [3.05, 3.63) is 66.1 Å². The highest BCUT2D eigenvalue weighted by atomic mass is 32.2. The van der Waals surface area contributed by atoms with E-state index in [1.165, 1.54) is 6.07 Å². The van der Waals surface area contributed by atoms with Gasteiger partial charge in [-0.2, -0.15) is 13.2 Å². The Morgan fingerprint density at radius 2 is 1.90 bits per heavy atom. The van der Waals surface area contributed by atoms with Crippen LogP contribution in [0.1, 0.15) is 41.7 Å². The van der Waals surface area contributed by atoms with Gasteiger partial charge in [-0.25, -0.2) is 13.4 Å². The fourth-order valence-corrected chi connectivity index (χ4v) is 5.73. The van der Waals surface area contributed by atoms with E-state index in [2.05, 4.69) is 4.98 Å². The number of hydrogen-bond donors (Lipinski definition) is 0. The summed E-state index contributed by atoms with van der Waals surface area (Å²) in [6.45, 7) is 0. The quantitative estimate of drug-likeness (QED) is 0.531. The van der Waals surface area contributed by atoms with Crippen LogP contribution in [-0.4, -0.2) is 28.8 Å². The van der Waals surface area contributed by atoms with Crippen LogP contribution in [0.25, 0.3) is 5.65 Å². The van der Waals surface area contributed by atoms with Gasteiger partial charge in [-0.1, -0.05) is 12.1 Å². The number of aromatic nitrogens is 2. The predicted molar refractivity (Wildman–Crippen MR) is 104 cm³/mol. The first-order valence-electron chi connectivity index (χ1n) is 9.52. The number of pyridine rings is 1. The molecule has 1 aliphatic rings. The van der Waals surface area contributed by atoms with Gasteiger partial charge in [0.05, 0.1) is 15.7 Å². The lowest BCUT2D eigenvalue weighted by molar-refractivity contribution is -0.137. The van der Waals surface area contributed by atoms with Gasteiger partial charge in [0, 0.05) is 18.8 Å². The maximum atomic E-state index is 12.9. The zero-order chi connectivity index (χ0) is 21.5. The third-order valence-electron chi connectivity index (χ3n) is 5.55. The Morgan fingerprint density at radius 1 is 1.13 bits per heavy atom. The summed E-state index contributed by atoms with van der Waals surface area (Å²) >= 11 is 0. The highest BCUT2D eigenvalue weighted by molar-refractivity contribution is 7.92. The molecule has 0 bridgehead atoms. The molecule has 0 radical (unpaired) electrons. The number of carbonyl (C=O) groups is 1. The molecule has 0 amide bonds. The van der Waals surface area contributed by atoms with Crippen molar-refractivity contribution in [2.24, 2.45) is 5.92 Å². The minimum Gasteiger partial charge on any atom is -0.306 e. The molecule has 1 fully saturated rings. The van der Waals surface area contributed by atoms with Crippen molar-refractivity contribution < 1.29 is 26.4 Å². The molecule has 0 unspecified atom stereocenters. The Labute approximate surface area is 171 Å². The number of carbonyl (C=O) groups excluding carboxylic acids is 1. The van der Waals surface area contributed by atoms with Crippen molar-refractivity contribution in [3.8, 4) is 0 Å². The molecule has 5 nitrogen and oxygen atoms in total. The third kappa shape index (κ3) is 3.98. The molecule has 0 spiro atoms. The Bertz CT molecular complexity index is 1160. The van der Waals surface area contributed by atoms with E-state index in [0.717, 1.165) is 12.1 Å². The monoisotopic (exact) mass is 436 g/mol. The van der Waals surface area contributed by atoms with Gasteiger partial charge < -0.3 is 4.40 Å². The Kier molecular flexibility index (Phi) is 5.17. The van der Waals surface area contributed by atoms with Crippen molar-refractivity contribution in [2.45, 2.75) is 42.0 Å². The topological polar surface area (TPSA) is 68.5 Å². The van der Waals surface area contributed by atoms with Crippen molar-refractivity contribution in [1.29, 1.82) is 0 Å². The molecule has 1 aromatic carbocycles. The number of Topliss-reactive ketones (excluding diaryl/α,β-unsaturated/α-hetero) is 1. The summed E-state index contributed by atoms with van der Waals surface area (Å²) in [4.78, 5) is 16.4. The lowest BCUT2D eigenvalue weighted by Gasteiger charge is -2.34. The molecule has 9 heteroatoms. The zero-order valence-electron chi connectivity index (χ0n) is 15.8. The molecular formula is C21H19F3N2O3S. The van der Waals surface area contributed by atoms with Gasteiger partial charge in [0.15, 0.2) is 15.6 Å². The average Bonchev–Trinajstić information content (AvgIpc) is 3.10. The molecule has 1 aliphatic carbocycles. The summed E-state index contributed by atoms with van der Waals surface area (Å²) in [6, 6.07) is 9.32. The van der Waals surface area contributed by atoms with Crippen LogP contribution >= 0.6 is 0 Å². The van der Waals surface area contributed by atoms with Crippen LogP contribution in [0, 0.1) is 5.92 Å². The Morgan fingerprint density at radius 3 is 2.60 bits per heavy atom. The summed E-state index contributed by atoms with van der Waals surface area (Å²) < 4.78 is 65.7. The van der Waals surface area contributed by atoms with Gasteiger partial charge in [-0.3, -0.25) is 4.79 Å². The molecule has 0 N–H and O–H groups in total. The van der Waals surface area contributed by atoms with E-state index in [1.807, 2.05) is 12.1 Å². The second kappa shape index (κ2) is 7.54. The van der Waals surface area contributed by atoms with E-state index >= 15 is 0 Å². The summed E-state index contributed by atoms with van der Waals surface area (Å²) in [6.07, 6.45) is 0.347. The Balaban J connectivity index is 1.35. The molecule has 3 aromatic rings. The van der Waals surface area contributed by atoms with E-state index in [0.29, 0.717) is 36.7 Å². The van der Waals surface area contributed by atoms with Crippen molar-refractivity contribution >= 4 is 21.3 Å². The maximum Gasteiger partial charge on any atom is 0.416 e. The van der Waals surface area contributed by atoms with Gasteiger partial charge >= 0.3 is 6.18 Å². The third-order valence-corrected chi connectivity index (χ3v) is 7.72. The number of sulfone groups is 1. The SMILES string of the molecule is O=C(CCC1CC(S(=O)(=O)c2cccc(C(F)(F)F)c2)C1)c1cn2ccccc2n1. The van der Waals surface area contributed by atoms with Gasteiger partial charge in [0.25, 0.3) is 0 Å². The molecule has 0 aliphatic heterocycles. The smallest absolute Gasteiger partial charge is 0.306 e. The van der Waals surface area contributed by atoms with Crippen molar-refractivity contribution in [3.63, 3.8) is 0 Å². The van der Waals surface area contributed by atoms with Gasteiger partial charge in [0.2, 0.25) is 0 Å². The molecule has 0 saturated heterocycles. The molecule has 158 valence electrons. The van der Waals surface area contributed by atoms with Gasteiger partial charge in [-0.05, 0) is 55.5 Å². The molecule has 0 atom stereocenters. The van der Waals surface area contributed by atoms with E-state index in [9.17, 15) is 26.4 Å². The average molecular weight is 436 g/mol. The number of ketones is 1. The molecule has 1 saturated carbocycles. The van der Waals surface area contributed by atoms with E-state index < -0.39 is 26.8 Å². The fourth-order valence-electron chi connectivity index (χ4n) is 3.74. The predicted octanol–water partition coefficient (Wildman–Crippen LogP) is 4.57. The van der Waals surface area contributed by atoms with Crippen LogP contribution in [0.2, 0.25) is 0 Å². The van der Waals surface area contributed by atoms with Crippen LogP contribution in [0.3, 0.4) is 0 Å². The number of fused-ring (bicyclic) bond motifs is 1. The summed E-state index contributed by atoms with van der Waals surface area (Å²) in [5.41, 5.74) is 0.0721. The lowest BCUT2D eigenvalue weighted by atomic mass is 9.81. The molecule has 30 heavy (non-hydrogen) atoms.